The normalized spacial score (nSPS) is 11.3. The smallest absolute Gasteiger partial charge is 0.222 e. The molecule has 0 aliphatic rings. The van der Waals surface area contributed by atoms with Crippen molar-refractivity contribution in [2.45, 2.75) is 5.88 Å². The highest BCUT2D eigenvalue weighted by atomic mass is 35.5. The van der Waals surface area contributed by atoms with Crippen molar-refractivity contribution in [3.8, 4) is 0 Å². The van der Waals surface area contributed by atoms with Gasteiger partial charge in [-0.2, -0.15) is 9.61 Å². The van der Waals surface area contributed by atoms with Crippen LogP contribution in [0.4, 0.5) is 5.95 Å². The molecule has 3 aromatic rings. The number of halogens is 1. The van der Waals surface area contributed by atoms with Crippen LogP contribution in [0.15, 0.2) is 30.3 Å². The number of nitrogens with two attached hydrogens (primary N) is 1. The minimum atomic E-state index is 0.370. The summed E-state index contributed by atoms with van der Waals surface area (Å²) in [5, 5.41) is 5.31. The topological polar surface area (TPSA) is 56.2 Å². The minimum absolute atomic E-state index is 0.370. The Bertz CT molecular complexity index is 674. The van der Waals surface area contributed by atoms with Gasteiger partial charge in [0.15, 0.2) is 0 Å². The SMILES string of the molecule is Nc1nc2ccccc2c2cc(CCl)nn12. The van der Waals surface area contributed by atoms with Crippen LogP contribution in [0, 0.1) is 0 Å². The van der Waals surface area contributed by atoms with E-state index >= 15 is 0 Å². The van der Waals surface area contributed by atoms with Gasteiger partial charge in [-0.05, 0) is 12.1 Å². The largest absolute Gasteiger partial charge is 0.368 e. The highest BCUT2D eigenvalue weighted by Gasteiger charge is 2.08. The third-order valence-corrected chi connectivity index (χ3v) is 2.80. The van der Waals surface area contributed by atoms with E-state index in [0.717, 1.165) is 22.1 Å². The number of nitrogens with zero attached hydrogens (tertiary/aromatic N) is 3. The molecule has 0 aliphatic carbocycles. The summed E-state index contributed by atoms with van der Waals surface area (Å²) < 4.78 is 1.63. The lowest BCUT2D eigenvalue weighted by molar-refractivity contribution is 0.921. The number of rotatable bonds is 1. The van der Waals surface area contributed by atoms with Gasteiger partial charge in [-0.15, -0.1) is 11.6 Å². The average Bonchev–Trinajstić information content (AvgIpc) is 2.74. The number of alkyl halides is 1. The van der Waals surface area contributed by atoms with E-state index in [9.17, 15) is 0 Å². The molecule has 2 aromatic heterocycles. The molecular formula is C11H9ClN4. The van der Waals surface area contributed by atoms with Crippen LogP contribution in [0.25, 0.3) is 16.4 Å². The van der Waals surface area contributed by atoms with E-state index in [1.54, 1.807) is 4.52 Å². The van der Waals surface area contributed by atoms with Gasteiger partial charge in [-0.1, -0.05) is 18.2 Å². The maximum absolute atomic E-state index is 5.84. The number of para-hydroxylation sites is 1. The van der Waals surface area contributed by atoms with E-state index < -0.39 is 0 Å². The quantitative estimate of drug-likeness (QED) is 0.655. The van der Waals surface area contributed by atoms with Crippen molar-refractivity contribution in [1.82, 2.24) is 14.6 Å². The molecule has 5 heteroatoms. The van der Waals surface area contributed by atoms with Crippen LogP contribution in [-0.2, 0) is 5.88 Å². The van der Waals surface area contributed by atoms with Crippen LogP contribution in [0.5, 0.6) is 0 Å². The second-order valence-electron chi connectivity index (χ2n) is 3.55. The second-order valence-corrected chi connectivity index (χ2v) is 3.82. The van der Waals surface area contributed by atoms with Crippen LogP contribution >= 0.6 is 11.6 Å². The molecule has 16 heavy (non-hydrogen) atoms. The summed E-state index contributed by atoms with van der Waals surface area (Å²) in [5.74, 6) is 0.750. The first-order valence-corrected chi connectivity index (χ1v) is 5.42. The van der Waals surface area contributed by atoms with Gasteiger partial charge in [0.05, 0.1) is 22.6 Å². The molecule has 0 bridgehead atoms. The summed E-state index contributed by atoms with van der Waals surface area (Å²) in [6.07, 6.45) is 0. The lowest BCUT2D eigenvalue weighted by Crippen LogP contribution is -2.02. The first-order valence-electron chi connectivity index (χ1n) is 4.88. The molecule has 0 saturated heterocycles. The molecular weight excluding hydrogens is 224 g/mol. The summed E-state index contributed by atoms with van der Waals surface area (Å²) in [4.78, 5) is 4.29. The molecule has 80 valence electrons. The number of anilines is 1. The zero-order valence-electron chi connectivity index (χ0n) is 8.39. The van der Waals surface area contributed by atoms with Crippen molar-refractivity contribution >= 4 is 34.0 Å². The Kier molecular flexibility index (Phi) is 1.97. The standard InChI is InChI=1S/C11H9ClN4/c12-6-7-5-10-8-3-1-2-4-9(8)14-11(13)16(10)15-7/h1-5H,6H2,(H2,13,14). The first kappa shape index (κ1) is 9.42. The van der Waals surface area contributed by atoms with Crippen molar-refractivity contribution < 1.29 is 0 Å². The van der Waals surface area contributed by atoms with Gasteiger partial charge in [0, 0.05) is 5.39 Å². The Morgan fingerprint density at radius 1 is 1.31 bits per heavy atom. The molecule has 2 N–H and O–H groups in total. The molecule has 0 radical (unpaired) electrons. The summed E-state index contributed by atoms with van der Waals surface area (Å²) in [6.45, 7) is 0. The highest BCUT2D eigenvalue weighted by molar-refractivity contribution is 6.17. The fourth-order valence-corrected chi connectivity index (χ4v) is 1.95. The Morgan fingerprint density at radius 3 is 2.94 bits per heavy atom. The third-order valence-electron chi connectivity index (χ3n) is 2.53. The molecule has 1 aromatic carbocycles. The number of aromatic nitrogens is 3. The molecule has 0 saturated carbocycles. The fraction of sp³-hybridized carbons (Fsp3) is 0.0909. The lowest BCUT2D eigenvalue weighted by atomic mass is 10.2. The number of hydrogen-bond donors (Lipinski definition) is 1. The zero-order chi connectivity index (χ0) is 11.1. The van der Waals surface area contributed by atoms with E-state index in [4.69, 9.17) is 17.3 Å². The zero-order valence-corrected chi connectivity index (χ0v) is 9.15. The van der Waals surface area contributed by atoms with Gasteiger partial charge in [0.2, 0.25) is 5.95 Å². The van der Waals surface area contributed by atoms with Gasteiger partial charge < -0.3 is 5.73 Å². The van der Waals surface area contributed by atoms with E-state index in [1.165, 1.54) is 0 Å². The monoisotopic (exact) mass is 232 g/mol. The van der Waals surface area contributed by atoms with Gasteiger partial charge in [-0.3, -0.25) is 0 Å². The van der Waals surface area contributed by atoms with Crippen molar-refractivity contribution in [2.75, 3.05) is 5.73 Å². The van der Waals surface area contributed by atoms with E-state index in [2.05, 4.69) is 10.1 Å². The molecule has 2 heterocycles. The van der Waals surface area contributed by atoms with Crippen LogP contribution < -0.4 is 5.73 Å². The van der Waals surface area contributed by atoms with Gasteiger partial charge in [0.1, 0.15) is 0 Å². The molecule has 3 rings (SSSR count). The molecule has 0 aliphatic heterocycles. The fourth-order valence-electron chi connectivity index (χ4n) is 1.82. The van der Waals surface area contributed by atoms with Crippen LogP contribution in [-0.4, -0.2) is 14.6 Å². The lowest BCUT2D eigenvalue weighted by Gasteiger charge is -2.02. The molecule has 4 nitrogen and oxygen atoms in total. The Labute approximate surface area is 96.6 Å². The highest BCUT2D eigenvalue weighted by Crippen LogP contribution is 2.21. The van der Waals surface area contributed by atoms with Gasteiger partial charge in [-0.25, -0.2) is 4.98 Å². The summed E-state index contributed by atoms with van der Waals surface area (Å²) in [5.41, 5.74) is 8.45. The summed E-state index contributed by atoms with van der Waals surface area (Å²) in [6, 6.07) is 9.76. The number of benzene rings is 1. The Balaban J connectivity index is 2.52. The van der Waals surface area contributed by atoms with Crippen molar-refractivity contribution in [2.24, 2.45) is 0 Å². The van der Waals surface area contributed by atoms with Crippen molar-refractivity contribution in [3.63, 3.8) is 0 Å². The van der Waals surface area contributed by atoms with Crippen molar-refractivity contribution in [1.29, 1.82) is 0 Å². The van der Waals surface area contributed by atoms with Crippen LogP contribution in [0.3, 0.4) is 0 Å². The van der Waals surface area contributed by atoms with E-state index in [0.29, 0.717) is 11.8 Å². The van der Waals surface area contributed by atoms with Crippen LogP contribution in [0.1, 0.15) is 5.69 Å². The van der Waals surface area contributed by atoms with Crippen molar-refractivity contribution in [3.05, 3.63) is 36.0 Å². The molecule has 0 unspecified atom stereocenters. The number of fused-ring (bicyclic) bond motifs is 3. The summed E-state index contributed by atoms with van der Waals surface area (Å²) >= 11 is 5.76. The molecule has 0 amide bonds. The Hall–Kier alpha value is -1.81. The second kappa shape index (κ2) is 3.35. The van der Waals surface area contributed by atoms with E-state index in [1.807, 2.05) is 30.3 Å². The maximum atomic E-state index is 5.84. The number of hydrogen-bond acceptors (Lipinski definition) is 3. The minimum Gasteiger partial charge on any atom is -0.368 e. The predicted molar refractivity (Wildman–Crippen MR) is 64.5 cm³/mol. The first-order chi connectivity index (χ1) is 7.79. The average molecular weight is 233 g/mol. The third kappa shape index (κ3) is 1.23. The number of nitrogen functional groups attached to an aromatic ring is 1. The maximum Gasteiger partial charge on any atom is 0.222 e. The Morgan fingerprint density at radius 2 is 2.12 bits per heavy atom. The molecule has 0 atom stereocenters. The van der Waals surface area contributed by atoms with Gasteiger partial charge in [0.25, 0.3) is 0 Å². The summed E-state index contributed by atoms with van der Waals surface area (Å²) in [7, 11) is 0. The van der Waals surface area contributed by atoms with Crippen LogP contribution in [0.2, 0.25) is 0 Å². The molecule has 0 spiro atoms. The van der Waals surface area contributed by atoms with E-state index in [-0.39, 0.29) is 0 Å². The molecule has 0 fully saturated rings. The van der Waals surface area contributed by atoms with Gasteiger partial charge >= 0.3 is 0 Å². The predicted octanol–water partition coefficient (Wildman–Crippen LogP) is 2.20.